The standard InChI is InChI=1S/C13H15ClO4S/c14-10-3-1-9(2-4-10)7-19(17)8-11-5-6-12(18-11)13(15)16/h1-4,11-12H,5-8H2,(H,15,16). The van der Waals surface area contributed by atoms with Crippen molar-refractivity contribution in [3.63, 3.8) is 0 Å². The van der Waals surface area contributed by atoms with Crippen molar-refractivity contribution < 1.29 is 18.8 Å². The maximum atomic E-state index is 12.0. The molecule has 0 radical (unpaired) electrons. The minimum Gasteiger partial charge on any atom is -0.479 e. The van der Waals surface area contributed by atoms with Crippen LogP contribution in [-0.4, -0.2) is 33.2 Å². The molecule has 0 bridgehead atoms. The predicted molar refractivity (Wildman–Crippen MR) is 73.7 cm³/mol. The van der Waals surface area contributed by atoms with Crippen LogP contribution in [0.1, 0.15) is 18.4 Å². The summed E-state index contributed by atoms with van der Waals surface area (Å²) in [5.41, 5.74) is 0.954. The van der Waals surface area contributed by atoms with Gasteiger partial charge in [0.05, 0.1) is 11.9 Å². The van der Waals surface area contributed by atoms with E-state index in [1.165, 1.54) is 0 Å². The highest BCUT2D eigenvalue weighted by atomic mass is 35.5. The van der Waals surface area contributed by atoms with Gasteiger partial charge in [-0.2, -0.15) is 0 Å². The fourth-order valence-electron chi connectivity index (χ4n) is 2.04. The van der Waals surface area contributed by atoms with Gasteiger partial charge < -0.3 is 9.84 Å². The summed E-state index contributed by atoms with van der Waals surface area (Å²) in [5, 5.41) is 9.46. The lowest BCUT2D eigenvalue weighted by Crippen LogP contribution is -2.23. The Morgan fingerprint density at radius 2 is 2.05 bits per heavy atom. The zero-order valence-corrected chi connectivity index (χ0v) is 11.8. The maximum absolute atomic E-state index is 12.0. The van der Waals surface area contributed by atoms with Crippen molar-refractivity contribution in [1.29, 1.82) is 0 Å². The molecule has 6 heteroatoms. The van der Waals surface area contributed by atoms with E-state index in [4.69, 9.17) is 21.4 Å². The van der Waals surface area contributed by atoms with Crippen LogP contribution in [0, 0.1) is 0 Å². The summed E-state index contributed by atoms with van der Waals surface area (Å²) >= 11 is 5.78. The summed E-state index contributed by atoms with van der Waals surface area (Å²) in [6.45, 7) is 0. The van der Waals surface area contributed by atoms with Gasteiger partial charge >= 0.3 is 5.97 Å². The predicted octanol–water partition coefficient (Wildman–Crippen LogP) is 2.22. The maximum Gasteiger partial charge on any atom is 0.332 e. The van der Waals surface area contributed by atoms with E-state index in [1.54, 1.807) is 12.1 Å². The number of halogens is 1. The highest BCUT2D eigenvalue weighted by Crippen LogP contribution is 2.21. The van der Waals surface area contributed by atoms with Crippen molar-refractivity contribution in [2.75, 3.05) is 5.75 Å². The van der Waals surface area contributed by atoms with Gasteiger partial charge in [0.15, 0.2) is 6.10 Å². The minimum absolute atomic E-state index is 0.214. The molecule has 1 saturated heterocycles. The van der Waals surface area contributed by atoms with Gasteiger partial charge in [0.2, 0.25) is 0 Å². The van der Waals surface area contributed by atoms with E-state index < -0.39 is 22.9 Å². The zero-order valence-electron chi connectivity index (χ0n) is 10.3. The van der Waals surface area contributed by atoms with Crippen LogP contribution in [0.4, 0.5) is 0 Å². The first kappa shape index (κ1) is 14.5. The largest absolute Gasteiger partial charge is 0.479 e. The molecule has 1 aliphatic rings. The second-order valence-corrected chi connectivity index (χ2v) is 6.48. The molecule has 0 amide bonds. The van der Waals surface area contributed by atoms with E-state index in [0.29, 0.717) is 29.4 Å². The topological polar surface area (TPSA) is 63.6 Å². The molecule has 1 fully saturated rings. The number of aliphatic carboxylic acids is 1. The molecule has 1 aromatic rings. The van der Waals surface area contributed by atoms with Crippen LogP contribution in [0.5, 0.6) is 0 Å². The Hall–Kier alpha value is -0.910. The monoisotopic (exact) mass is 302 g/mol. The summed E-state index contributed by atoms with van der Waals surface area (Å²) in [7, 11) is -1.06. The number of carboxylic acids is 1. The number of carboxylic acid groups (broad SMARTS) is 1. The molecule has 1 aliphatic heterocycles. The summed E-state index contributed by atoms with van der Waals surface area (Å²) in [6, 6.07) is 7.22. The number of hydrogen-bond donors (Lipinski definition) is 1. The van der Waals surface area contributed by atoms with Crippen LogP contribution in [0.3, 0.4) is 0 Å². The van der Waals surface area contributed by atoms with Crippen molar-refractivity contribution in [3.05, 3.63) is 34.9 Å². The molecule has 0 spiro atoms. The van der Waals surface area contributed by atoms with Crippen molar-refractivity contribution >= 4 is 28.4 Å². The van der Waals surface area contributed by atoms with E-state index in [1.807, 2.05) is 12.1 Å². The lowest BCUT2D eigenvalue weighted by atomic mass is 10.2. The molecule has 4 nitrogen and oxygen atoms in total. The van der Waals surface area contributed by atoms with Gasteiger partial charge in [-0.15, -0.1) is 0 Å². The first-order valence-corrected chi connectivity index (χ1v) is 7.89. The third-order valence-corrected chi connectivity index (χ3v) is 4.65. The second kappa shape index (κ2) is 6.50. The Morgan fingerprint density at radius 3 is 2.63 bits per heavy atom. The first-order valence-electron chi connectivity index (χ1n) is 6.02. The SMILES string of the molecule is O=C(O)C1CCC(CS(=O)Cc2ccc(Cl)cc2)O1. The fourth-order valence-corrected chi connectivity index (χ4v) is 3.51. The van der Waals surface area contributed by atoms with Crippen LogP contribution < -0.4 is 0 Å². The Bertz CT molecular complexity index is 474. The van der Waals surface area contributed by atoms with E-state index in [-0.39, 0.29) is 6.10 Å². The van der Waals surface area contributed by atoms with Gasteiger partial charge in [-0.25, -0.2) is 4.79 Å². The first-order chi connectivity index (χ1) is 9.04. The van der Waals surface area contributed by atoms with Gasteiger partial charge in [-0.3, -0.25) is 4.21 Å². The average Bonchev–Trinajstić information content (AvgIpc) is 2.80. The van der Waals surface area contributed by atoms with Crippen molar-refractivity contribution in [1.82, 2.24) is 0 Å². The molecule has 1 aromatic carbocycles. The van der Waals surface area contributed by atoms with Gasteiger partial charge in [0.1, 0.15) is 0 Å². The smallest absolute Gasteiger partial charge is 0.332 e. The summed E-state index contributed by atoms with van der Waals surface area (Å²) in [6.07, 6.45) is 0.202. The molecule has 0 aromatic heterocycles. The van der Waals surface area contributed by atoms with Crippen molar-refractivity contribution in [2.24, 2.45) is 0 Å². The molecule has 19 heavy (non-hydrogen) atoms. The summed E-state index contributed by atoms with van der Waals surface area (Å²) < 4.78 is 17.3. The Balaban J connectivity index is 1.82. The van der Waals surface area contributed by atoms with Crippen LogP contribution in [0.25, 0.3) is 0 Å². The molecule has 1 N–H and O–H groups in total. The molecule has 3 unspecified atom stereocenters. The second-order valence-electron chi connectivity index (χ2n) is 4.54. The van der Waals surface area contributed by atoms with E-state index in [2.05, 4.69) is 0 Å². The minimum atomic E-state index is -1.06. The summed E-state index contributed by atoms with van der Waals surface area (Å²) in [4.78, 5) is 10.7. The highest BCUT2D eigenvalue weighted by Gasteiger charge is 2.31. The number of benzene rings is 1. The molecule has 2 rings (SSSR count). The fraction of sp³-hybridized carbons (Fsp3) is 0.462. The molecular weight excluding hydrogens is 288 g/mol. The Kier molecular flexibility index (Phi) is 4.96. The number of hydrogen-bond acceptors (Lipinski definition) is 3. The lowest BCUT2D eigenvalue weighted by molar-refractivity contribution is -0.148. The Labute approximate surface area is 119 Å². The van der Waals surface area contributed by atoms with Gasteiger partial charge in [0.25, 0.3) is 0 Å². The van der Waals surface area contributed by atoms with E-state index >= 15 is 0 Å². The third kappa shape index (κ3) is 4.30. The molecule has 0 aliphatic carbocycles. The van der Waals surface area contributed by atoms with Gasteiger partial charge in [-0.1, -0.05) is 23.7 Å². The normalized spacial score (nSPS) is 24.3. The van der Waals surface area contributed by atoms with Crippen LogP contribution in [-0.2, 0) is 26.1 Å². The van der Waals surface area contributed by atoms with E-state index in [0.717, 1.165) is 5.56 Å². The Morgan fingerprint density at radius 1 is 1.37 bits per heavy atom. The number of ether oxygens (including phenoxy) is 1. The van der Waals surface area contributed by atoms with Gasteiger partial charge in [-0.05, 0) is 30.5 Å². The number of rotatable bonds is 5. The molecule has 104 valence electrons. The van der Waals surface area contributed by atoms with Crippen LogP contribution in [0.2, 0.25) is 5.02 Å². The molecule has 0 saturated carbocycles. The van der Waals surface area contributed by atoms with Gasteiger partial charge in [0, 0.05) is 21.6 Å². The number of carbonyl (C=O) groups is 1. The lowest BCUT2D eigenvalue weighted by Gasteiger charge is -2.10. The highest BCUT2D eigenvalue weighted by molar-refractivity contribution is 7.84. The molecule has 1 heterocycles. The third-order valence-electron chi connectivity index (χ3n) is 3.00. The average molecular weight is 303 g/mol. The molecule has 3 atom stereocenters. The quantitative estimate of drug-likeness (QED) is 0.906. The van der Waals surface area contributed by atoms with E-state index in [9.17, 15) is 9.00 Å². The summed E-state index contributed by atoms with van der Waals surface area (Å²) in [5.74, 6) is -0.118. The van der Waals surface area contributed by atoms with Crippen molar-refractivity contribution in [3.8, 4) is 0 Å². The van der Waals surface area contributed by atoms with Crippen LogP contribution in [0.15, 0.2) is 24.3 Å². The zero-order chi connectivity index (χ0) is 13.8. The van der Waals surface area contributed by atoms with Crippen molar-refractivity contribution in [2.45, 2.75) is 30.8 Å². The van der Waals surface area contributed by atoms with Crippen LogP contribution >= 0.6 is 11.6 Å². The molecular formula is C13H15ClO4S.